The SMILES string of the molecule is CCn1ncc(NC(=O)Cn2ncc([N+](=O)[O-])c2C)c1C. The molecule has 21 heavy (non-hydrogen) atoms. The molecular formula is C12H16N6O3. The van der Waals surface area contributed by atoms with Crippen molar-refractivity contribution in [3.63, 3.8) is 0 Å². The number of carbonyl (C=O) groups is 1. The molecule has 0 fully saturated rings. The van der Waals surface area contributed by atoms with Gasteiger partial charge in [-0.05, 0) is 20.8 Å². The lowest BCUT2D eigenvalue weighted by Crippen LogP contribution is -2.20. The lowest BCUT2D eigenvalue weighted by molar-refractivity contribution is -0.385. The van der Waals surface area contributed by atoms with Crippen molar-refractivity contribution in [2.24, 2.45) is 0 Å². The summed E-state index contributed by atoms with van der Waals surface area (Å²) in [5, 5.41) is 21.4. The monoisotopic (exact) mass is 292 g/mol. The molecule has 0 bridgehead atoms. The average Bonchev–Trinajstić information content (AvgIpc) is 2.95. The van der Waals surface area contributed by atoms with E-state index in [2.05, 4.69) is 15.5 Å². The van der Waals surface area contributed by atoms with E-state index in [0.717, 1.165) is 11.9 Å². The van der Waals surface area contributed by atoms with Gasteiger partial charge in [-0.15, -0.1) is 0 Å². The van der Waals surface area contributed by atoms with Crippen LogP contribution in [0.4, 0.5) is 11.4 Å². The summed E-state index contributed by atoms with van der Waals surface area (Å²) < 4.78 is 3.06. The van der Waals surface area contributed by atoms with E-state index in [1.54, 1.807) is 17.8 Å². The van der Waals surface area contributed by atoms with Crippen molar-refractivity contribution in [1.82, 2.24) is 19.6 Å². The largest absolute Gasteiger partial charge is 0.322 e. The number of amides is 1. The maximum atomic E-state index is 12.0. The number of aromatic nitrogens is 4. The van der Waals surface area contributed by atoms with Crippen LogP contribution in [0.2, 0.25) is 0 Å². The number of nitro groups is 1. The molecule has 0 spiro atoms. The molecule has 2 rings (SSSR count). The van der Waals surface area contributed by atoms with Crippen molar-refractivity contribution in [3.8, 4) is 0 Å². The molecule has 0 aliphatic rings. The number of hydrogen-bond donors (Lipinski definition) is 1. The zero-order chi connectivity index (χ0) is 15.6. The maximum absolute atomic E-state index is 12.0. The predicted octanol–water partition coefficient (Wildman–Crippen LogP) is 1.26. The standard InChI is InChI=1S/C12H16N6O3/c1-4-16-8(2)10(5-13-16)15-12(19)7-17-9(3)11(6-14-17)18(20)21/h5-6H,4,7H2,1-3H3,(H,15,19). The Hall–Kier alpha value is -2.71. The Kier molecular flexibility index (Phi) is 4.01. The number of carbonyl (C=O) groups excluding carboxylic acids is 1. The van der Waals surface area contributed by atoms with Gasteiger partial charge >= 0.3 is 5.69 Å². The third-order valence-corrected chi connectivity index (χ3v) is 3.24. The number of rotatable bonds is 5. The highest BCUT2D eigenvalue weighted by molar-refractivity contribution is 5.91. The Morgan fingerprint density at radius 1 is 1.29 bits per heavy atom. The maximum Gasteiger partial charge on any atom is 0.309 e. The Balaban J connectivity index is 2.08. The van der Waals surface area contributed by atoms with Gasteiger partial charge in [0.2, 0.25) is 5.91 Å². The summed E-state index contributed by atoms with van der Waals surface area (Å²) in [7, 11) is 0. The van der Waals surface area contributed by atoms with Crippen molar-refractivity contribution in [3.05, 3.63) is 33.9 Å². The topological polar surface area (TPSA) is 108 Å². The second kappa shape index (κ2) is 5.73. The van der Waals surface area contributed by atoms with E-state index in [-0.39, 0.29) is 18.1 Å². The van der Waals surface area contributed by atoms with Crippen LogP contribution >= 0.6 is 0 Å². The first-order valence-electron chi connectivity index (χ1n) is 6.43. The molecule has 112 valence electrons. The van der Waals surface area contributed by atoms with E-state index in [9.17, 15) is 14.9 Å². The van der Waals surface area contributed by atoms with Crippen molar-refractivity contribution >= 4 is 17.3 Å². The second-order valence-electron chi connectivity index (χ2n) is 4.54. The smallest absolute Gasteiger partial charge is 0.309 e. The van der Waals surface area contributed by atoms with E-state index >= 15 is 0 Å². The molecule has 0 radical (unpaired) electrons. The van der Waals surface area contributed by atoms with Gasteiger partial charge in [-0.3, -0.25) is 24.3 Å². The molecule has 9 nitrogen and oxygen atoms in total. The Bertz CT molecular complexity index is 687. The molecule has 2 aromatic heterocycles. The molecule has 0 aliphatic carbocycles. The van der Waals surface area contributed by atoms with Crippen LogP contribution in [-0.2, 0) is 17.9 Å². The summed E-state index contributed by atoms with van der Waals surface area (Å²) in [6, 6.07) is 0. The Labute approximate surface area is 120 Å². The highest BCUT2D eigenvalue weighted by Crippen LogP contribution is 2.17. The van der Waals surface area contributed by atoms with E-state index in [1.165, 1.54) is 4.68 Å². The number of nitrogens with zero attached hydrogens (tertiary/aromatic N) is 5. The van der Waals surface area contributed by atoms with Crippen LogP contribution in [0, 0.1) is 24.0 Å². The fourth-order valence-corrected chi connectivity index (χ4v) is 1.99. The van der Waals surface area contributed by atoms with Gasteiger partial charge in [-0.25, -0.2) is 0 Å². The molecule has 0 saturated carbocycles. The summed E-state index contributed by atoms with van der Waals surface area (Å²) in [5.74, 6) is -0.310. The molecule has 0 unspecified atom stereocenters. The van der Waals surface area contributed by atoms with Crippen molar-refractivity contribution in [2.75, 3.05) is 5.32 Å². The van der Waals surface area contributed by atoms with Crippen LogP contribution in [0.3, 0.4) is 0 Å². The van der Waals surface area contributed by atoms with Crippen molar-refractivity contribution < 1.29 is 9.72 Å². The van der Waals surface area contributed by atoms with Gasteiger partial charge in [0.15, 0.2) is 0 Å². The van der Waals surface area contributed by atoms with Crippen LogP contribution in [0.15, 0.2) is 12.4 Å². The van der Waals surface area contributed by atoms with Crippen LogP contribution in [0.25, 0.3) is 0 Å². The lowest BCUT2D eigenvalue weighted by atomic mass is 10.3. The second-order valence-corrected chi connectivity index (χ2v) is 4.54. The highest BCUT2D eigenvalue weighted by atomic mass is 16.6. The zero-order valence-corrected chi connectivity index (χ0v) is 12.0. The fraction of sp³-hybridized carbons (Fsp3) is 0.417. The molecule has 1 amide bonds. The summed E-state index contributed by atoms with van der Waals surface area (Å²) in [6.45, 7) is 6.00. The quantitative estimate of drug-likeness (QED) is 0.659. The van der Waals surface area contributed by atoms with Gasteiger partial charge in [0.25, 0.3) is 0 Å². The van der Waals surface area contributed by atoms with E-state index in [4.69, 9.17) is 0 Å². The predicted molar refractivity (Wildman–Crippen MR) is 74.9 cm³/mol. The summed E-state index contributed by atoms with van der Waals surface area (Å²) in [5.41, 5.74) is 1.73. The van der Waals surface area contributed by atoms with Gasteiger partial charge < -0.3 is 5.32 Å². The Morgan fingerprint density at radius 2 is 1.95 bits per heavy atom. The van der Waals surface area contributed by atoms with Crippen molar-refractivity contribution in [1.29, 1.82) is 0 Å². The van der Waals surface area contributed by atoms with Gasteiger partial charge in [-0.2, -0.15) is 10.2 Å². The molecule has 0 atom stereocenters. The first-order chi connectivity index (χ1) is 9.93. The van der Waals surface area contributed by atoms with Gasteiger partial charge in [0, 0.05) is 6.54 Å². The first kappa shape index (κ1) is 14.7. The van der Waals surface area contributed by atoms with Gasteiger partial charge in [0.05, 0.1) is 22.5 Å². The summed E-state index contributed by atoms with van der Waals surface area (Å²) in [4.78, 5) is 22.2. The minimum atomic E-state index is -0.522. The average molecular weight is 292 g/mol. The number of hydrogen-bond acceptors (Lipinski definition) is 5. The summed E-state index contributed by atoms with van der Waals surface area (Å²) in [6.07, 6.45) is 2.72. The number of nitrogens with one attached hydrogen (secondary N) is 1. The minimum absolute atomic E-state index is 0.0869. The molecule has 1 N–H and O–H groups in total. The Morgan fingerprint density at radius 3 is 2.48 bits per heavy atom. The van der Waals surface area contributed by atoms with Crippen LogP contribution in [-0.4, -0.2) is 30.4 Å². The molecule has 0 saturated heterocycles. The molecule has 2 heterocycles. The zero-order valence-electron chi connectivity index (χ0n) is 12.0. The first-order valence-corrected chi connectivity index (χ1v) is 6.43. The molecule has 0 aromatic carbocycles. The van der Waals surface area contributed by atoms with Gasteiger partial charge in [0.1, 0.15) is 18.4 Å². The highest BCUT2D eigenvalue weighted by Gasteiger charge is 2.18. The van der Waals surface area contributed by atoms with Gasteiger partial charge in [-0.1, -0.05) is 0 Å². The van der Waals surface area contributed by atoms with Crippen LogP contribution in [0.1, 0.15) is 18.3 Å². The number of aryl methyl sites for hydroxylation is 1. The normalized spacial score (nSPS) is 10.6. The van der Waals surface area contributed by atoms with E-state index in [1.807, 2.05) is 13.8 Å². The molecule has 0 aliphatic heterocycles. The number of anilines is 1. The van der Waals surface area contributed by atoms with Crippen LogP contribution < -0.4 is 5.32 Å². The minimum Gasteiger partial charge on any atom is -0.322 e. The third-order valence-electron chi connectivity index (χ3n) is 3.24. The lowest BCUT2D eigenvalue weighted by Gasteiger charge is -2.06. The molecule has 9 heteroatoms. The molecular weight excluding hydrogens is 276 g/mol. The third kappa shape index (κ3) is 2.91. The molecule has 2 aromatic rings. The van der Waals surface area contributed by atoms with E-state index in [0.29, 0.717) is 17.9 Å². The van der Waals surface area contributed by atoms with E-state index < -0.39 is 4.92 Å². The van der Waals surface area contributed by atoms with Crippen molar-refractivity contribution in [2.45, 2.75) is 33.9 Å². The summed E-state index contributed by atoms with van der Waals surface area (Å²) >= 11 is 0. The van der Waals surface area contributed by atoms with Crippen LogP contribution in [0.5, 0.6) is 0 Å². The fourth-order valence-electron chi connectivity index (χ4n) is 1.99.